The van der Waals surface area contributed by atoms with Crippen LogP contribution in [0.4, 0.5) is 0 Å². The van der Waals surface area contributed by atoms with Gasteiger partial charge < -0.3 is 25.5 Å². The normalized spacial score (nSPS) is 11.3. The molecule has 4 N–H and O–H groups in total. The fourth-order valence-electron chi connectivity index (χ4n) is 2.95. The predicted octanol–water partition coefficient (Wildman–Crippen LogP) is 1.72. The van der Waals surface area contributed by atoms with Gasteiger partial charge in [0, 0.05) is 23.2 Å². The van der Waals surface area contributed by atoms with E-state index in [1.807, 2.05) is 25.1 Å². The van der Waals surface area contributed by atoms with Gasteiger partial charge in [0.2, 0.25) is 0 Å². The lowest BCUT2D eigenvalue weighted by molar-refractivity contribution is -0.117. The molecule has 0 aliphatic carbocycles. The molecule has 2 amide bonds. The summed E-state index contributed by atoms with van der Waals surface area (Å²) < 4.78 is 5.08. The molecule has 0 fully saturated rings. The van der Waals surface area contributed by atoms with Gasteiger partial charge in [-0.2, -0.15) is 0 Å². The Hall–Kier alpha value is -3.91. The van der Waals surface area contributed by atoms with Gasteiger partial charge in [0.1, 0.15) is 11.4 Å². The Morgan fingerprint density at radius 3 is 2.55 bits per heavy atom. The van der Waals surface area contributed by atoms with E-state index < -0.39 is 17.4 Å². The van der Waals surface area contributed by atoms with Crippen LogP contribution in [0.1, 0.15) is 21.5 Å². The molecule has 160 valence electrons. The number of methoxy groups -OCH3 is 1. The summed E-state index contributed by atoms with van der Waals surface area (Å²) in [4.78, 5) is 40.5. The summed E-state index contributed by atoms with van der Waals surface area (Å²) in [5, 5.41) is 14.8. The smallest absolute Gasteiger partial charge is 0.267 e. The van der Waals surface area contributed by atoms with Gasteiger partial charge in [0.15, 0.2) is 0 Å². The van der Waals surface area contributed by atoms with Crippen LogP contribution in [0.25, 0.3) is 17.0 Å². The van der Waals surface area contributed by atoms with Gasteiger partial charge in [0.05, 0.1) is 13.7 Å². The Labute approximate surface area is 178 Å². The van der Waals surface area contributed by atoms with Crippen molar-refractivity contribution in [2.75, 3.05) is 20.3 Å². The zero-order valence-electron chi connectivity index (χ0n) is 17.2. The van der Waals surface area contributed by atoms with Crippen molar-refractivity contribution in [2.24, 2.45) is 0 Å². The number of nitrogens with one attached hydrogen (secondary N) is 3. The van der Waals surface area contributed by atoms with Crippen LogP contribution in [-0.2, 0) is 4.79 Å². The van der Waals surface area contributed by atoms with Crippen LogP contribution in [0.2, 0.25) is 0 Å². The first-order valence-electron chi connectivity index (χ1n) is 9.61. The van der Waals surface area contributed by atoms with Crippen LogP contribution in [0, 0.1) is 6.92 Å². The van der Waals surface area contributed by atoms with Crippen molar-refractivity contribution in [2.45, 2.75) is 6.92 Å². The van der Waals surface area contributed by atoms with E-state index in [1.165, 1.54) is 13.2 Å². The fourth-order valence-corrected chi connectivity index (χ4v) is 2.95. The molecular weight excluding hydrogens is 398 g/mol. The van der Waals surface area contributed by atoms with Crippen molar-refractivity contribution in [1.29, 1.82) is 0 Å². The number of carbonyl (C=O) groups excluding carboxylic acids is 2. The summed E-state index contributed by atoms with van der Waals surface area (Å²) in [6.45, 7) is 1.66. The van der Waals surface area contributed by atoms with Gasteiger partial charge in [-0.15, -0.1) is 0 Å². The average Bonchev–Trinajstić information content (AvgIpc) is 2.77. The van der Waals surface area contributed by atoms with Crippen molar-refractivity contribution in [3.8, 4) is 5.75 Å². The third-order valence-corrected chi connectivity index (χ3v) is 4.57. The molecule has 0 unspecified atom stereocenters. The topological polar surface area (TPSA) is 121 Å². The summed E-state index contributed by atoms with van der Waals surface area (Å²) in [6, 6.07) is 13.6. The number of aromatic amines is 1. The van der Waals surface area contributed by atoms with E-state index in [0.717, 1.165) is 10.9 Å². The maximum atomic E-state index is 12.6. The number of hydrogen-bond acceptors (Lipinski definition) is 5. The van der Waals surface area contributed by atoms with Crippen molar-refractivity contribution in [3.63, 3.8) is 0 Å². The van der Waals surface area contributed by atoms with Crippen LogP contribution in [0.5, 0.6) is 5.75 Å². The number of rotatable bonds is 7. The number of aliphatic hydroxyl groups is 1. The first kappa shape index (κ1) is 21.8. The second kappa shape index (κ2) is 9.73. The van der Waals surface area contributed by atoms with Gasteiger partial charge in [0.25, 0.3) is 17.4 Å². The molecule has 0 atom stereocenters. The number of hydrogen-bond donors (Lipinski definition) is 4. The van der Waals surface area contributed by atoms with Crippen LogP contribution >= 0.6 is 0 Å². The maximum absolute atomic E-state index is 12.6. The van der Waals surface area contributed by atoms with E-state index in [9.17, 15) is 14.4 Å². The lowest BCUT2D eigenvalue weighted by atomic mass is 10.1. The highest BCUT2D eigenvalue weighted by Crippen LogP contribution is 2.15. The predicted molar refractivity (Wildman–Crippen MR) is 118 cm³/mol. The van der Waals surface area contributed by atoms with Gasteiger partial charge in [-0.25, -0.2) is 0 Å². The molecular formula is C23H23N3O5. The zero-order valence-corrected chi connectivity index (χ0v) is 17.2. The van der Waals surface area contributed by atoms with Crippen LogP contribution in [0.3, 0.4) is 0 Å². The molecule has 0 radical (unpaired) electrons. The van der Waals surface area contributed by atoms with Crippen LogP contribution in [0.15, 0.2) is 59.0 Å². The zero-order chi connectivity index (χ0) is 22.4. The molecule has 0 aliphatic heterocycles. The first-order chi connectivity index (χ1) is 14.9. The molecule has 31 heavy (non-hydrogen) atoms. The number of aliphatic hydroxyl groups excluding tert-OH is 1. The van der Waals surface area contributed by atoms with Gasteiger partial charge in [-0.05, 0) is 60.3 Å². The third-order valence-electron chi connectivity index (χ3n) is 4.57. The second-order valence-corrected chi connectivity index (χ2v) is 6.86. The first-order valence-corrected chi connectivity index (χ1v) is 9.61. The summed E-state index contributed by atoms with van der Waals surface area (Å²) in [5.74, 6) is -0.564. The fraction of sp³-hybridized carbons (Fsp3) is 0.174. The maximum Gasteiger partial charge on any atom is 0.267 e. The molecule has 8 heteroatoms. The number of benzene rings is 2. The molecule has 0 bridgehead atoms. The average molecular weight is 421 g/mol. The Morgan fingerprint density at radius 2 is 1.87 bits per heavy atom. The molecule has 1 heterocycles. The number of aromatic nitrogens is 1. The highest BCUT2D eigenvalue weighted by atomic mass is 16.5. The molecule has 0 aliphatic rings. The number of carbonyl (C=O) groups is 2. The number of ether oxygens (including phenoxy) is 1. The standard InChI is InChI=1S/C23H23N3O5/c1-14-3-4-16-12-17(22(29)25-19(16)11-14)13-20(23(30)24-9-10-27)26-21(28)15-5-7-18(31-2)8-6-15/h3-8,11-13,27H,9-10H2,1-2H3,(H,24,30)(H,25,29)(H,26,28). The Kier molecular flexibility index (Phi) is 6.84. The largest absolute Gasteiger partial charge is 0.497 e. The van der Waals surface area contributed by atoms with Crippen molar-refractivity contribution < 1.29 is 19.4 Å². The summed E-state index contributed by atoms with van der Waals surface area (Å²) in [5.41, 5.74) is 1.68. The lowest BCUT2D eigenvalue weighted by Crippen LogP contribution is -2.36. The van der Waals surface area contributed by atoms with Crippen molar-refractivity contribution in [3.05, 3.63) is 81.3 Å². The molecule has 8 nitrogen and oxygen atoms in total. The molecule has 0 saturated heterocycles. The van der Waals surface area contributed by atoms with E-state index in [1.54, 1.807) is 30.3 Å². The second-order valence-electron chi connectivity index (χ2n) is 6.86. The number of aryl methyl sites for hydroxylation is 1. The SMILES string of the molecule is COc1ccc(C(=O)NC(=Cc2cc3ccc(C)cc3[nH]c2=O)C(=O)NCCO)cc1. The van der Waals surface area contributed by atoms with Crippen molar-refractivity contribution in [1.82, 2.24) is 15.6 Å². The minimum Gasteiger partial charge on any atom is -0.497 e. The van der Waals surface area contributed by atoms with Gasteiger partial charge in [-0.1, -0.05) is 12.1 Å². The minimum absolute atomic E-state index is 0.00192. The van der Waals surface area contributed by atoms with Crippen molar-refractivity contribution >= 4 is 28.8 Å². The summed E-state index contributed by atoms with van der Waals surface area (Å²) in [7, 11) is 1.52. The molecule has 0 spiro atoms. The lowest BCUT2D eigenvalue weighted by Gasteiger charge is -2.11. The van der Waals surface area contributed by atoms with E-state index in [0.29, 0.717) is 16.8 Å². The molecule has 3 aromatic rings. The summed E-state index contributed by atoms with van der Waals surface area (Å²) >= 11 is 0. The molecule has 2 aromatic carbocycles. The molecule has 3 rings (SSSR count). The number of fused-ring (bicyclic) bond motifs is 1. The Balaban J connectivity index is 1.97. The van der Waals surface area contributed by atoms with Crippen LogP contribution < -0.4 is 20.9 Å². The monoisotopic (exact) mass is 421 g/mol. The Bertz CT molecular complexity index is 1200. The molecule has 0 saturated carbocycles. The Morgan fingerprint density at radius 1 is 1.13 bits per heavy atom. The number of pyridine rings is 1. The number of amides is 2. The van der Waals surface area contributed by atoms with E-state index in [2.05, 4.69) is 15.6 Å². The quantitative estimate of drug-likeness (QED) is 0.433. The molecule has 1 aromatic heterocycles. The minimum atomic E-state index is -0.626. The van der Waals surface area contributed by atoms with Crippen LogP contribution in [-0.4, -0.2) is 42.2 Å². The highest BCUT2D eigenvalue weighted by molar-refractivity contribution is 6.05. The van der Waals surface area contributed by atoms with Gasteiger partial charge in [-0.3, -0.25) is 14.4 Å². The van der Waals surface area contributed by atoms with E-state index in [-0.39, 0.29) is 24.4 Å². The van der Waals surface area contributed by atoms with E-state index in [4.69, 9.17) is 9.84 Å². The highest BCUT2D eigenvalue weighted by Gasteiger charge is 2.15. The number of H-pyrrole nitrogens is 1. The van der Waals surface area contributed by atoms with Gasteiger partial charge >= 0.3 is 0 Å². The third kappa shape index (κ3) is 5.37. The summed E-state index contributed by atoms with van der Waals surface area (Å²) in [6.07, 6.45) is 1.31. The van der Waals surface area contributed by atoms with E-state index >= 15 is 0 Å².